The number of nitrogens with zero attached hydrogens (tertiary/aromatic N) is 1. The van der Waals surface area contributed by atoms with Gasteiger partial charge < -0.3 is 10.1 Å². The van der Waals surface area contributed by atoms with Crippen molar-refractivity contribution in [2.45, 2.75) is 19.9 Å². The molecule has 0 atom stereocenters. The smallest absolute Gasteiger partial charge is 0.119 e. The SMILES string of the molecule is COc1cccc(CCNCc2scnc2C)c1. The number of hydrogen-bond acceptors (Lipinski definition) is 4. The summed E-state index contributed by atoms with van der Waals surface area (Å²) < 4.78 is 5.21. The van der Waals surface area contributed by atoms with E-state index >= 15 is 0 Å². The molecule has 0 saturated heterocycles. The molecule has 0 radical (unpaired) electrons. The quantitative estimate of drug-likeness (QED) is 0.813. The summed E-state index contributed by atoms with van der Waals surface area (Å²) in [6, 6.07) is 8.21. The van der Waals surface area contributed by atoms with Crippen LogP contribution in [0.4, 0.5) is 0 Å². The van der Waals surface area contributed by atoms with E-state index < -0.39 is 0 Å². The highest BCUT2D eigenvalue weighted by atomic mass is 32.1. The van der Waals surface area contributed by atoms with Gasteiger partial charge in [0.2, 0.25) is 0 Å². The second-order valence-electron chi connectivity index (χ2n) is 4.14. The van der Waals surface area contributed by atoms with Gasteiger partial charge in [0.25, 0.3) is 0 Å². The van der Waals surface area contributed by atoms with Gasteiger partial charge in [-0.15, -0.1) is 11.3 Å². The zero-order valence-electron chi connectivity index (χ0n) is 10.8. The van der Waals surface area contributed by atoms with Gasteiger partial charge in [0.05, 0.1) is 18.3 Å². The number of methoxy groups -OCH3 is 1. The molecule has 0 aliphatic carbocycles. The fourth-order valence-corrected chi connectivity index (χ4v) is 2.51. The normalized spacial score (nSPS) is 10.6. The molecule has 0 amide bonds. The third-order valence-electron chi connectivity index (χ3n) is 2.86. The molecular formula is C14H18N2OS. The fraction of sp³-hybridized carbons (Fsp3) is 0.357. The maximum Gasteiger partial charge on any atom is 0.119 e. The molecule has 4 heteroatoms. The Labute approximate surface area is 112 Å². The van der Waals surface area contributed by atoms with Crippen LogP contribution in [0.3, 0.4) is 0 Å². The molecule has 0 unspecified atom stereocenters. The van der Waals surface area contributed by atoms with Crippen molar-refractivity contribution in [1.82, 2.24) is 10.3 Å². The van der Waals surface area contributed by atoms with Crippen LogP contribution in [0.5, 0.6) is 5.75 Å². The maximum absolute atomic E-state index is 5.21. The number of rotatable bonds is 6. The highest BCUT2D eigenvalue weighted by Crippen LogP contribution is 2.13. The molecule has 0 fully saturated rings. The molecule has 1 aromatic heterocycles. The van der Waals surface area contributed by atoms with E-state index in [4.69, 9.17) is 4.74 Å². The van der Waals surface area contributed by atoms with Crippen LogP contribution < -0.4 is 10.1 Å². The average molecular weight is 262 g/mol. The van der Waals surface area contributed by atoms with Gasteiger partial charge in [0.1, 0.15) is 5.75 Å². The number of benzene rings is 1. The monoisotopic (exact) mass is 262 g/mol. The second kappa shape index (κ2) is 6.52. The van der Waals surface area contributed by atoms with E-state index in [0.717, 1.165) is 31.0 Å². The molecule has 2 aromatic rings. The summed E-state index contributed by atoms with van der Waals surface area (Å²) in [4.78, 5) is 5.56. The minimum absolute atomic E-state index is 0.903. The Morgan fingerprint density at radius 2 is 2.28 bits per heavy atom. The predicted molar refractivity (Wildman–Crippen MR) is 75.3 cm³/mol. The fourth-order valence-electron chi connectivity index (χ4n) is 1.76. The molecule has 0 spiro atoms. The molecule has 0 aliphatic rings. The lowest BCUT2D eigenvalue weighted by Crippen LogP contribution is -2.16. The van der Waals surface area contributed by atoms with Crippen molar-refractivity contribution < 1.29 is 4.74 Å². The Bertz CT molecular complexity index is 496. The number of thiazole rings is 1. The van der Waals surface area contributed by atoms with E-state index in [1.807, 2.05) is 17.6 Å². The van der Waals surface area contributed by atoms with Gasteiger partial charge in [0.15, 0.2) is 0 Å². The van der Waals surface area contributed by atoms with E-state index in [9.17, 15) is 0 Å². The highest BCUT2D eigenvalue weighted by Gasteiger charge is 2.00. The molecule has 3 nitrogen and oxygen atoms in total. The largest absolute Gasteiger partial charge is 0.497 e. The summed E-state index contributed by atoms with van der Waals surface area (Å²) in [6.45, 7) is 3.92. The van der Waals surface area contributed by atoms with Gasteiger partial charge in [-0.25, -0.2) is 4.98 Å². The number of hydrogen-bond donors (Lipinski definition) is 1. The van der Waals surface area contributed by atoms with Gasteiger partial charge in [-0.3, -0.25) is 0 Å². The van der Waals surface area contributed by atoms with Gasteiger partial charge >= 0.3 is 0 Å². The zero-order chi connectivity index (χ0) is 12.8. The van der Waals surface area contributed by atoms with E-state index in [2.05, 4.69) is 29.4 Å². The molecular weight excluding hydrogens is 244 g/mol. The third-order valence-corrected chi connectivity index (χ3v) is 3.79. The molecule has 1 heterocycles. The van der Waals surface area contributed by atoms with E-state index in [-0.39, 0.29) is 0 Å². The second-order valence-corrected chi connectivity index (χ2v) is 5.08. The highest BCUT2D eigenvalue weighted by molar-refractivity contribution is 7.09. The summed E-state index contributed by atoms with van der Waals surface area (Å²) in [6.07, 6.45) is 1.01. The number of aromatic nitrogens is 1. The molecule has 0 saturated carbocycles. The number of ether oxygens (including phenoxy) is 1. The molecule has 1 aromatic carbocycles. The van der Waals surface area contributed by atoms with Gasteiger partial charge in [0, 0.05) is 11.4 Å². The van der Waals surface area contributed by atoms with Gasteiger partial charge in [-0.05, 0) is 37.6 Å². The molecule has 0 bridgehead atoms. The first kappa shape index (κ1) is 13.1. The average Bonchev–Trinajstić information content (AvgIpc) is 2.81. The maximum atomic E-state index is 5.21. The van der Waals surface area contributed by atoms with Crippen LogP contribution in [0.2, 0.25) is 0 Å². The first-order chi connectivity index (χ1) is 8.79. The van der Waals surface area contributed by atoms with Crippen molar-refractivity contribution in [2.24, 2.45) is 0 Å². The van der Waals surface area contributed by atoms with Crippen molar-refractivity contribution in [1.29, 1.82) is 0 Å². The molecule has 18 heavy (non-hydrogen) atoms. The molecule has 2 rings (SSSR count). The third kappa shape index (κ3) is 3.55. The van der Waals surface area contributed by atoms with Crippen LogP contribution in [-0.2, 0) is 13.0 Å². The van der Waals surface area contributed by atoms with Gasteiger partial charge in [-0.2, -0.15) is 0 Å². The molecule has 0 aliphatic heterocycles. The Balaban J connectivity index is 1.76. The Morgan fingerprint density at radius 3 is 3.00 bits per heavy atom. The van der Waals surface area contributed by atoms with E-state index in [0.29, 0.717) is 0 Å². The summed E-state index contributed by atoms with van der Waals surface area (Å²) in [5, 5.41) is 3.44. The summed E-state index contributed by atoms with van der Waals surface area (Å²) in [5.41, 5.74) is 4.32. The lowest BCUT2D eigenvalue weighted by molar-refractivity contribution is 0.414. The predicted octanol–water partition coefficient (Wildman–Crippen LogP) is 2.79. The summed E-state index contributed by atoms with van der Waals surface area (Å²) in [5.74, 6) is 0.922. The van der Waals surface area contributed by atoms with Crippen LogP contribution >= 0.6 is 11.3 Å². The Morgan fingerprint density at radius 1 is 1.39 bits per heavy atom. The Kier molecular flexibility index (Phi) is 4.73. The lowest BCUT2D eigenvalue weighted by Gasteiger charge is -2.06. The number of nitrogens with one attached hydrogen (secondary N) is 1. The van der Waals surface area contributed by atoms with Crippen molar-refractivity contribution in [3.8, 4) is 5.75 Å². The van der Waals surface area contributed by atoms with Crippen molar-refractivity contribution in [2.75, 3.05) is 13.7 Å². The Hall–Kier alpha value is -1.39. The van der Waals surface area contributed by atoms with Crippen LogP contribution in [0.25, 0.3) is 0 Å². The van der Waals surface area contributed by atoms with Crippen LogP contribution in [0, 0.1) is 6.92 Å². The molecule has 1 N–H and O–H groups in total. The first-order valence-electron chi connectivity index (χ1n) is 6.02. The standard InChI is InChI=1S/C14H18N2OS/c1-11-14(18-10-16-11)9-15-7-6-12-4-3-5-13(8-12)17-2/h3-5,8,10,15H,6-7,9H2,1-2H3. The first-order valence-corrected chi connectivity index (χ1v) is 6.90. The van der Waals surface area contributed by atoms with Crippen molar-refractivity contribution >= 4 is 11.3 Å². The zero-order valence-corrected chi connectivity index (χ0v) is 11.6. The van der Waals surface area contributed by atoms with Crippen molar-refractivity contribution in [3.05, 3.63) is 45.9 Å². The van der Waals surface area contributed by atoms with E-state index in [1.165, 1.54) is 10.4 Å². The minimum atomic E-state index is 0.903. The summed E-state index contributed by atoms with van der Waals surface area (Å²) in [7, 11) is 1.70. The summed E-state index contributed by atoms with van der Waals surface area (Å²) >= 11 is 1.71. The van der Waals surface area contributed by atoms with Crippen molar-refractivity contribution in [3.63, 3.8) is 0 Å². The molecule has 96 valence electrons. The van der Waals surface area contributed by atoms with Crippen LogP contribution in [0.1, 0.15) is 16.1 Å². The van der Waals surface area contributed by atoms with Crippen LogP contribution in [0.15, 0.2) is 29.8 Å². The van der Waals surface area contributed by atoms with Crippen LogP contribution in [-0.4, -0.2) is 18.6 Å². The minimum Gasteiger partial charge on any atom is -0.497 e. The topological polar surface area (TPSA) is 34.1 Å². The lowest BCUT2D eigenvalue weighted by atomic mass is 10.1. The van der Waals surface area contributed by atoms with E-state index in [1.54, 1.807) is 18.4 Å². The number of aryl methyl sites for hydroxylation is 1. The van der Waals surface area contributed by atoms with Gasteiger partial charge in [-0.1, -0.05) is 12.1 Å².